The number of alkyl halides is 1. The first-order valence-corrected chi connectivity index (χ1v) is 5.53. The molecule has 0 amide bonds. The lowest BCUT2D eigenvalue weighted by atomic mass is 10.3. The molecule has 1 heterocycles. The maximum Gasteiger partial charge on any atom is 0.163 e. The summed E-state index contributed by atoms with van der Waals surface area (Å²) in [6.07, 6.45) is 0. The van der Waals surface area contributed by atoms with Gasteiger partial charge in [-0.15, -0.1) is 21.8 Å². The third-order valence-electron chi connectivity index (χ3n) is 2.26. The number of halogens is 2. The lowest BCUT2D eigenvalue weighted by Gasteiger charge is -2.08. The zero-order chi connectivity index (χ0) is 12.3. The standard InChI is InChI=1S/C11H11ClFN3O/c1-17-7-11-15-14-10(6-12)16(11)9-4-2-3-8(13)5-9/h2-5H,6-7H2,1H3. The van der Waals surface area contributed by atoms with Crippen molar-refractivity contribution < 1.29 is 9.13 Å². The van der Waals surface area contributed by atoms with Crippen LogP contribution in [-0.2, 0) is 17.2 Å². The van der Waals surface area contributed by atoms with Crippen molar-refractivity contribution >= 4 is 11.6 Å². The molecular weight excluding hydrogens is 245 g/mol. The number of benzene rings is 1. The van der Waals surface area contributed by atoms with E-state index in [1.807, 2.05) is 0 Å². The van der Waals surface area contributed by atoms with Gasteiger partial charge in [0.15, 0.2) is 11.6 Å². The number of rotatable bonds is 4. The second kappa shape index (κ2) is 5.25. The highest BCUT2D eigenvalue weighted by atomic mass is 35.5. The number of ether oxygens (including phenoxy) is 1. The van der Waals surface area contributed by atoms with Crippen molar-refractivity contribution in [2.75, 3.05) is 7.11 Å². The largest absolute Gasteiger partial charge is 0.377 e. The minimum Gasteiger partial charge on any atom is -0.377 e. The Bertz CT molecular complexity index is 515. The zero-order valence-corrected chi connectivity index (χ0v) is 9.99. The number of nitrogens with zero attached hydrogens (tertiary/aromatic N) is 3. The Hall–Kier alpha value is -1.46. The number of hydrogen-bond donors (Lipinski definition) is 0. The lowest BCUT2D eigenvalue weighted by molar-refractivity contribution is 0.176. The van der Waals surface area contributed by atoms with Gasteiger partial charge in [-0.2, -0.15) is 0 Å². The van der Waals surface area contributed by atoms with Crippen LogP contribution < -0.4 is 0 Å². The van der Waals surface area contributed by atoms with Crippen molar-refractivity contribution in [1.82, 2.24) is 14.8 Å². The molecule has 0 unspecified atom stereocenters. The SMILES string of the molecule is COCc1nnc(CCl)n1-c1cccc(F)c1. The van der Waals surface area contributed by atoms with Gasteiger partial charge in [-0.3, -0.25) is 4.57 Å². The predicted octanol–water partition coefficient (Wildman–Crippen LogP) is 2.29. The van der Waals surface area contributed by atoms with Crippen molar-refractivity contribution in [2.45, 2.75) is 12.5 Å². The van der Waals surface area contributed by atoms with Crippen molar-refractivity contribution in [1.29, 1.82) is 0 Å². The van der Waals surface area contributed by atoms with Gasteiger partial charge in [0, 0.05) is 7.11 Å². The summed E-state index contributed by atoms with van der Waals surface area (Å²) in [5, 5.41) is 7.90. The highest BCUT2D eigenvalue weighted by Crippen LogP contribution is 2.16. The van der Waals surface area contributed by atoms with E-state index in [2.05, 4.69) is 10.2 Å². The van der Waals surface area contributed by atoms with E-state index in [0.717, 1.165) is 0 Å². The van der Waals surface area contributed by atoms with E-state index in [1.165, 1.54) is 12.1 Å². The molecule has 0 atom stereocenters. The second-order valence-electron chi connectivity index (χ2n) is 3.41. The molecule has 6 heteroatoms. The minimum absolute atomic E-state index is 0.202. The Kier molecular flexibility index (Phi) is 3.71. The van der Waals surface area contributed by atoms with Gasteiger partial charge in [-0.1, -0.05) is 6.07 Å². The normalized spacial score (nSPS) is 10.8. The van der Waals surface area contributed by atoms with E-state index in [0.29, 0.717) is 23.9 Å². The van der Waals surface area contributed by atoms with Crippen molar-refractivity contribution in [3.8, 4) is 5.69 Å². The summed E-state index contributed by atoms with van der Waals surface area (Å²) in [4.78, 5) is 0. The molecule has 1 aromatic carbocycles. The molecule has 17 heavy (non-hydrogen) atoms. The number of aromatic nitrogens is 3. The Morgan fingerprint density at radius 1 is 1.35 bits per heavy atom. The summed E-state index contributed by atoms with van der Waals surface area (Å²) in [6.45, 7) is 0.292. The molecule has 0 saturated carbocycles. The highest BCUT2D eigenvalue weighted by molar-refractivity contribution is 6.16. The summed E-state index contributed by atoms with van der Waals surface area (Å²) in [6, 6.07) is 6.17. The van der Waals surface area contributed by atoms with Crippen molar-refractivity contribution in [3.05, 3.63) is 41.7 Å². The van der Waals surface area contributed by atoms with Crippen LogP contribution >= 0.6 is 11.6 Å². The van der Waals surface area contributed by atoms with Crippen LogP contribution in [0.4, 0.5) is 4.39 Å². The van der Waals surface area contributed by atoms with Gasteiger partial charge >= 0.3 is 0 Å². The maximum absolute atomic E-state index is 13.2. The monoisotopic (exact) mass is 255 g/mol. The van der Waals surface area contributed by atoms with Crippen molar-refractivity contribution in [3.63, 3.8) is 0 Å². The van der Waals surface area contributed by atoms with Gasteiger partial charge < -0.3 is 4.74 Å². The van der Waals surface area contributed by atoms with Crippen LogP contribution in [-0.4, -0.2) is 21.9 Å². The average molecular weight is 256 g/mol. The molecule has 0 radical (unpaired) electrons. The van der Waals surface area contributed by atoms with Gasteiger partial charge in [0.1, 0.15) is 12.4 Å². The molecule has 0 spiro atoms. The van der Waals surface area contributed by atoms with Gasteiger partial charge in [-0.05, 0) is 18.2 Å². The fraction of sp³-hybridized carbons (Fsp3) is 0.273. The highest BCUT2D eigenvalue weighted by Gasteiger charge is 2.13. The van der Waals surface area contributed by atoms with Crippen LogP contribution in [0.1, 0.15) is 11.6 Å². The lowest BCUT2D eigenvalue weighted by Crippen LogP contribution is -2.05. The van der Waals surface area contributed by atoms with Gasteiger partial charge in [0.2, 0.25) is 0 Å². The van der Waals surface area contributed by atoms with Gasteiger partial charge in [0.05, 0.1) is 11.6 Å². The third kappa shape index (κ3) is 2.45. The minimum atomic E-state index is -0.319. The molecule has 2 aromatic rings. The third-order valence-corrected chi connectivity index (χ3v) is 2.50. The molecule has 0 saturated heterocycles. The maximum atomic E-state index is 13.2. The van der Waals surface area contributed by atoms with Gasteiger partial charge in [0.25, 0.3) is 0 Å². The molecule has 0 bridgehead atoms. The molecule has 0 fully saturated rings. The van der Waals surface area contributed by atoms with Crippen molar-refractivity contribution in [2.24, 2.45) is 0 Å². The fourth-order valence-corrected chi connectivity index (χ4v) is 1.75. The topological polar surface area (TPSA) is 39.9 Å². The van der Waals surface area contributed by atoms with E-state index in [4.69, 9.17) is 16.3 Å². The fourth-order valence-electron chi connectivity index (χ4n) is 1.58. The zero-order valence-electron chi connectivity index (χ0n) is 9.23. The van der Waals surface area contributed by atoms with E-state index >= 15 is 0 Å². The van der Waals surface area contributed by atoms with Crippen LogP contribution in [0.3, 0.4) is 0 Å². The Morgan fingerprint density at radius 2 is 2.12 bits per heavy atom. The molecule has 0 aliphatic rings. The van der Waals surface area contributed by atoms with Gasteiger partial charge in [-0.25, -0.2) is 4.39 Å². The molecule has 4 nitrogen and oxygen atoms in total. The summed E-state index contributed by atoms with van der Waals surface area (Å²) in [5.41, 5.74) is 0.637. The molecule has 90 valence electrons. The van der Waals surface area contributed by atoms with Crippen LogP contribution in [0.25, 0.3) is 5.69 Å². The predicted molar refractivity (Wildman–Crippen MR) is 61.6 cm³/mol. The molecule has 2 rings (SSSR count). The van der Waals surface area contributed by atoms with Crippen LogP contribution in [0, 0.1) is 5.82 Å². The summed E-state index contributed by atoms with van der Waals surface area (Å²) in [5.74, 6) is 1.03. The first-order valence-electron chi connectivity index (χ1n) is 5.00. The molecule has 0 aliphatic heterocycles. The van der Waals surface area contributed by atoms with E-state index < -0.39 is 0 Å². The first kappa shape index (κ1) is 12.0. The number of hydrogen-bond acceptors (Lipinski definition) is 3. The molecule has 0 aliphatic carbocycles. The summed E-state index contributed by atoms with van der Waals surface area (Å²) in [7, 11) is 1.56. The summed E-state index contributed by atoms with van der Waals surface area (Å²) < 4.78 is 19.9. The Labute approximate surface area is 103 Å². The smallest absolute Gasteiger partial charge is 0.163 e. The molecule has 1 aromatic heterocycles. The van der Waals surface area contributed by atoms with E-state index in [1.54, 1.807) is 23.8 Å². The average Bonchev–Trinajstić information content (AvgIpc) is 2.72. The van der Waals surface area contributed by atoms with E-state index in [-0.39, 0.29) is 11.7 Å². The summed E-state index contributed by atoms with van der Waals surface area (Å²) >= 11 is 5.78. The van der Waals surface area contributed by atoms with Crippen LogP contribution in [0.15, 0.2) is 24.3 Å². The molecule has 0 N–H and O–H groups in total. The quantitative estimate of drug-likeness (QED) is 0.787. The number of methoxy groups -OCH3 is 1. The first-order chi connectivity index (χ1) is 8.26. The van der Waals surface area contributed by atoms with Crippen LogP contribution in [0.5, 0.6) is 0 Å². The second-order valence-corrected chi connectivity index (χ2v) is 3.68. The Morgan fingerprint density at radius 3 is 2.76 bits per heavy atom. The molecular formula is C11H11ClFN3O. The van der Waals surface area contributed by atoms with Crippen LogP contribution in [0.2, 0.25) is 0 Å². The Balaban J connectivity index is 2.51. The van der Waals surface area contributed by atoms with E-state index in [9.17, 15) is 4.39 Å².